The second-order valence-electron chi connectivity index (χ2n) is 5.61. The number of rotatable bonds is 1. The molecule has 0 amide bonds. The summed E-state index contributed by atoms with van der Waals surface area (Å²) in [6, 6.07) is 3.26. The minimum Gasteiger partial charge on any atom is -0.714 e. The second kappa shape index (κ2) is 3.97. The molecular weight excluding hydrogens is 242 g/mol. The lowest BCUT2D eigenvalue weighted by Gasteiger charge is -2.32. The average Bonchev–Trinajstić information content (AvgIpc) is 2.49. The van der Waals surface area contributed by atoms with Gasteiger partial charge in [-0.05, 0) is 39.8 Å². The van der Waals surface area contributed by atoms with E-state index >= 15 is 0 Å². The highest BCUT2D eigenvalue weighted by molar-refractivity contribution is 5.94. The van der Waals surface area contributed by atoms with Crippen LogP contribution in [0.2, 0.25) is 0 Å². The average molecular weight is 258 g/mol. The van der Waals surface area contributed by atoms with Crippen molar-refractivity contribution in [3.8, 4) is 12.3 Å². The Morgan fingerprint density at radius 2 is 2.00 bits per heavy atom. The fourth-order valence-corrected chi connectivity index (χ4v) is 1.93. The number of hydrogen-bond acceptors (Lipinski definition) is 3. The molecule has 1 aromatic rings. The van der Waals surface area contributed by atoms with Crippen LogP contribution in [0, 0.1) is 17.6 Å². The largest absolute Gasteiger partial charge is 0.714 e. The maximum absolute atomic E-state index is 12.4. The van der Waals surface area contributed by atoms with Crippen LogP contribution in [0.4, 0.5) is 0 Å². The van der Waals surface area contributed by atoms with E-state index in [2.05, 4.69) is 10.9 Å². The summed E-state index contributed by atoms with van der Waals surface area (Å²) < 4.78 is 0.734. The van der Waals surface area contributed by atoms with Crippen LogP contribution in [0.1, 0.15) is 39.0 Å². The first-order valence-corrected chi connectivity index (χ1v) is 5.98. The molecule has 1 radical (unpaired) electrons. The summed E-state index contributed by atoms with van der Waals surface area (Å²) in [7, 11) is 0. The highest BCUT2D eigenvalue weighted by atomic mass is 16.5. The van der Waals surface area contributed by atoms with Gasteiger partial charge in [0.05, 0.1) is 0 Å². The first kappa shape index (κ1) is 13.4. The zero-order valence-corrected chi connectivity index (χ0v) is 11.5. The summed E-state index contributed by atoms with van der Waals surface area (Å²) in [4.78, 5) is 4.10. The van der Waals surface area contributed by atoms with Gasteiger partial charge < -0.3 is 5.21 Å². The van der Waals surface area contributed by atoms with Crippen LogP contribution in [0.15, 0.2) is 18.3 Å². The predicted octanol–water partition coefficient (Wildman–Crippen LogP) is 1.54. The molecule has 0 spiro atoms. The third-order valence-electron chi connectivity index (χ3n) is 4.06. The van der Waals surface area contributed by atoms with Gasteiger partial charge in [0.25, 0.3) is 0 Å². The molecule has 1 aliphatic heterocycles. The lowest BCUT2D eigenvalue weighted by Crippen LogP contribution is -2.53. The minimum atomic E-state index is -0.837. The number of terminal acetylenes is 1. The molecular formula is C14H16N3O2. The van der Waals surface area contributed by atoms with Crippen molar-refractivity contribution >= 4 is 5.84 Å². The first-order valence-electron chi connectivity index (χ1n) is 5.98. The second-order valence-corrected chi connectivity index (χ2v) is 5.61. The van der Waals surface area contributed by atoms with Gasteiger partial charge in [-0.25, -0.2) is 4.98 Å². The Bertz CT molecular complexity index is 580. The molecule has 0 aromatic carbocycles. The van der Waals surface area contributed by atoms with Gasteiger partial charge in [0.1, 0.15) is 5.54 Å². The number of hydrogen-bond donors (Lipinski definition) is 0. The molecule has 0 bridgehead atoms. The number of aromatic nitrogens is 1. The van der Waals surface area contributed by atoms with Crippen molar-refractivity contribution in [1.82, 2.24) is 10.0 Å². The van der Waals surface area contributed by atoms with E-state index in [0.717, 1.165) is 9.80 Å². The summed E-state index contributed by atoms with van der Waals surface area (Å²) in [5, 5.41) is 25.5. The molecule has 0 saturated carbocycles. The van der Waals surface area contributed by atoms with E-state index in [1.165, 1.54) is 6.20 Å². The van der Waals surface area contributed by atoms with E-state index in [0.29, 0.717) is 11.3 Å². The molecule has 0 fully saturated rings. The topological polar surface area (TPSA) is 62.1 Å². The van der Waals surface area contributed by atoms with Gasteiger partial charge in [-0.3, -0.25) is 4.74 Å². The summed E-state index contributed by atoms with van der Waals surface area (Å²) in [6.45, 7) is 6.98. The van der Waals surface area contributed by atoms with E-state index in [-0.39, 0.29) is 5.84 Å². The van der Waals surface area contributed by atoms with Crippen LogP contribution in [0.25, 0.3) is 0 Å². The zero-order valence-electron chi connectivity index (χ0n) is 11.5. The van der Waals surface area contributed by atoms with Crippen molar-refractivity contribution in [2.45, 2.75) is 38.8 Å². The van der Waals surface area contributed by atoms with Crippen molar-refractivity contribution in [3.05, 3.63) is 34.8 Å². The van der Waals surface area contributed by atoms with E-state index < -0.39 is 11.1 Å². The number of amidine groups is 1. The Morgan fingerprint density at radius 1 is 1.37 bits per heavy atom. The lowest BCUT2D eigenvalue weighted by atomic mass is 9.84. The smallest absolute Gasteiger partial charge is 0.335 e. The van der Waals surface area contributed by atoms with Crippen molar-refractivity contribution in [2.24, 2.45) is 0 Å². The third-order valence-corrected chi connectivity index (χ3v) is 4.06. The monoisotopic (exact) mass is 258 g/mol. The Morgan fingerprint density at radius 3 is 2.37 bits per heavy atom. The van der Waals surface area contributed by atoms with Gasteiger partial charge in [0, 0.05) is 17.0 Å². The molecule has 0 saturated heterocycles. The molecule has 1 aromatic heterocycles. The normalized spacial score (nSPS) is 20.5. The van der Waals surface area contributed by atoms with E-state index in [9.17, 15) is 10.4 Å². The van der Waals surface area contributed by atoms with Crippen LogP contribution >= 0.6 is 0 Å². The lowest BCUT2D eigenvalue weighted by molar-refractivity contribution is -0.539. The number of hydroxylamine groups is 3. The molecule has 0 unspecified atom stereocenters. The summed E-state index contributed by atoms with van der Waals surface area (Å²) in [5.41, 5.74) is -0.731. The van der Waals surface area contributed by atoms with Gasteiger partial charge in [0.2, 0.25) is 0 Å². The van der Waals surface area contributed by atoms with E-state index in [4.69, 9.17) is 6.42 Å². The molecule has 99 valence electrons. The molecule has 1 aliphatic rings. The Kier molecular flexibility index (Phi) is 2.79. The SMILES string of the molecule is C#Cc1ccc(C2=[N+]([O-])C(C)(C)C(C)(C)N2[O])nc1. The van der Waals surface area contributed by atoms with Crippen LogP contribution < -0.4 is 0 Å². The molecule has 0 N–H and O–H groups in total. The zero-order chi connectivity index (χ0) is 14.4. The molecule has 2 rings (SSSR count). The predicted molar refractivity (Wildman–Crippen MR) is 70.6 cm³/mol. The molecule has 19 heavy (non-hydrogen) atoms. The molecule has 2 heterocycles. The third kappa shape index (κ3) is 1.68. The van der Waals surface area contributed by atoms with Gasteiger partial charge >= 0.3 is 5.84 Å². The molecule has 5 nitrogen and oxygen atoms in total. The van der Waals surface area contributed by atoms with Gasteiger partial charge in [-0.15, -0.1) is 6.42 Å². The number of nitrogens with zero attached hydrogens (tertiary/aromatic N) is 3. The van der Waals surface area contributed by atoms with Crippen LogP contribution in [-0.4, -0.2) is 31.7 Å². The summed E-state index contributed by atoms with van der Waals surface area (Å²) in [6.07, 6.45) is 6.73. The van der Waals surface area contributed by atoms with Crippen LogP contribution in [0.5, 0.6) is 0 Å². The Hall–Kier alpha value is -2.06. The maximum atomic E-state index is 12.4. The van der Waals surface area contributed by atoms with Gasteiger partial charge in [-0.1, -0.05) is 11.0 Å². The van der Waals surface area contributed by atoms with E-state index in [1.54, 1.807) is 39.8 Å². The van der Waals surface area contributed by atoms with Crippen molar-refractivity contribution in [2.75, 3.05) is 0 Å². The van der Waals surface area contributed by atoms with Crippen LogP contribution in [-0.2, 0) is 5.21 Å². The fourth-order valence-electron chi connectivity index (χ4n) is 1.93. The molecule has 0 atom stereocenters. The quantitative estimate of drug-likeness (QED) is 0.436. The standard InChI is InChI=1S/C14H16N3O2/c1-6-10-7-8-11(15-9-10)12-16(18)13(2,3)14(4,5)17(12)19/h1,7-9H,2-5H3. The van der Waals surface area contributed by atoms with Gasteiger partial charge in [-0.2, -0.15) is 0 Å². The fraction of sp³-hybridized carbons (Fsp3) is 0.429. The Balaban J connectivity index is 2.55. The molecule has 5 heteroatoms. The van der Waals surface area contributed by atoms with Crippen molar-refractivity contribution in [3.63, 3.8) is 0 Å². The minimum absolute atomic E-state index is 0.0265. The van der Waals surface area contributed by atoms with Crippen molar-refractivity contribution in [1.29, 1.82) is 0 Å². The highest BCUT2D eigenvalue weighted by Gasteiger charge is 2.60. The van der Waals surface area contributed by atoms with E-state index in [1.807, 2.05) is 0 Å². The first-order chi connectivity index (χ1) is 8.73. The summed E-state index contributed by atoms with van der Waals surface area (Å²) >= 11 is 0. The summed E-state index contributed by atoms with van der Waals surface area (Å²) in [5.74, 6) is 2.47. The number of pyridine rings is 1. The highest BCUT2D eigenvalue weighted by Crippen LogP contribution is 2.36. The molecule has 0 aliphatic carbocycles. The van der Waals surface area contributed by atoms with Crippen molar-refractivity contribution < 1.29 is 9.95 Å². The van der Waals surface area contributed by atoms with Gasteiger partial charge in [0.15, 0.2) is 11.2 Å². The maximum Gasteiger partial charge on any atom is 0.335 e. The van der Waals surface area contributed by atoms with Crippen LogP contribution in [0.3, 0.4) is 0 Å². The Labute approximate surface area is 112 Å².